The zero-order valence-corrected chi connectivity index (χ0v) is 13.3. The normalized spacial score (nSPS) is 14.0. The lowest BCUT2D eigenvalue weighted by molar-refractivity contribution is 0.00582. The Bertz CT molecular complexity index is 345. The molecule has 1 aromatic carbocycles. The van der Waals surface area contributed by atoms with Crippen LogP contribution in [0.2, 0.25) is 0 Å². The number of ether oxygens (including phenoxy) is 2. The van der Waals surface area contributed by atoms with E-state index in [-0.39, 0.29) is 0 Å². The van der Waals surface area contributed by atoms with E-state index in [0.717, 1.165) is 12.8 Å². The van der Waals surface area contributed by atoms with Gasteiger partial charge in [-0.05, 0) is 32.3 Å². The highest BCUT2D eigenvalue weighted by Gasteiger charge is 2.07. The highest BCUT2D eigenvalue weighted by atomic mass is 16.5. The van der Waals surface area contributed by atoms with E-state index in [0.29, 0.717) is 39.0 Å². The average Bonchev–Trinajstić information content (AvgIpc) is 2.51. The Kier molecular flexibility index (Phi) is 10.1. The number of aliphatic hydroxyl groups is 1. The van der Waals surface area contributed by atoms with Gasteiger partial charge in [0.1, 0.15) is 0 Å². The van der Waals surface area contributed by atoms with Crippen LogP contribution in [0.5, 0.6) is 0 Å². The lowest BCUT2D eigenvalue weighted by Crippen LogP contribution is -2.36. The molecule has 4 nitrogen and oxygen atoms in total. The van der Waals surface area contributed by atoms with Crippen LogP contribution in [0, 0.1) is 0 Å². The van der Waals surface area contributed by atoms with Gasteiger partial charge in [0.2, 0.25) is 0 Å². The maximum Gasteiger partial charge on any atom is 0.0897 e. The Morgan fingerprint density at radius 2 is 1.86 bits per heavy atom. The van der Waals surface area contributed by atoms with Gasteiger partial charge in [0.15, 0.2) is 0 Å². The standard InChI is InChI=1S/C17H29NO3/c1-3-20-11-12-21-14-17(19)13-18-15(2)9-10-16-7-5-4-6-8-16/h4-8,15,17-19H,3,9-14H2,1-2H3. The van der Waals surface area contributed by atoms with Crippen LogP contribution in [-0.2, 0) is 15.9 Å². The molecule has 1 aromatic rings. The SMILES string of the molecule is CCOCCOCC(O)CNC(C)CCc1ccccc1. The number of nitrogens with one attached hydrogen (secondary N) is 1. The molecule has 0 heterocycles. The first-order valence-corrected chi connectivity index (χ1v) is 7.83. The fraction of sp³-hybridized carbons (Fsp3) is 0.647. The van der Waals surface area contributed by atoms with Crippen LogP contribution >= 0.6 is 0 Å². The van der Waals surface area contributed by atoms with Gasteiger partial charge in [-0.3, -0.25) is 0 Å². The fourth-order valence-corrected chi connectivity index (χ4v) is 2.01. The van der Waals surface area contributed by atoms with Gasteiger partial charge in [-0.1, -0.05) is 30.3 Å². The number of hydrogen-bond donors (Lipinski definition) is 2. The molecule has 0 aliphatic rings. The summed E-state index contributed by atoms with van der Waals surface area (Å²) in [5.41, 5.74) is 1.35. The first-order chi connectivity index (χ1) is 10.2. The van der Waals surface area contributed by atoms with Crippen LogP contribution in [0.15, 0.2) is 30.3 Å². The molecule has 0 amide bonds. The zero-order valence-electron chi connectivity index (χ0n) is 13.3. The van der Waals surface area contributed by atoms with Crippen LogP contribution < -0.4 is 5.32 Å². The van der Waals surface area contributed by atoms with Crippen molar-refractivity contribution in [1.82, 2.24) is 5.32 Å². The molecule has 0 spiro atoms. The number of benzene rings is 1. The molecular weight excluding hydrogens is 266 g/mol. The molecule has 0 aliphatic carbocycles. The van der Waals surface area contributed by atoms with Crippen molar-refractivity contribution >= 4 is 0 Å². The van der Waals surface area contributed by atoms with Gasteiger partial charge < -0.3 is 19.9 Å². The maximum atomic E-state index is 9.81. The Morgan fingerprint density at radius 3 is 2.57 bits per heavy atom. The van der Waals surface area contributed by atoms with Gasteiger partial charge in [-0.15, -0.1) is 0 Å². The van der Waals surface area contributed by atoms with Crippen molar-refractivity contribution in [2.24, 2.45) is 0 Å². The Hall–Kier alpha value is -0.940. The Labute approximate surface area is 128 Å². The van der Waals surface area contributed by atoms with E-state index in [1.165, 1.54) is 5.56 Å². The van der Waals surface area contributed by atoms with E-state index in [9.17, 15) is 5.11 Å². The van der Waals surface area contributed by atoms with Crippen molar-refractivity contribution in [2.75, 3.05) is 33.0 Å². The van der Waals surface area contributed by atoms with Crippen LogP contribution in [0.1, 0.15) is 25.8 Å². The topological polar surface area (TPSA) is 50.7 Å². The van der Waals surface area contributed by atoms with Gasteiger partial charge in [-0.2, -0.15) is 0 Å². The van der Waals surface area contributed by atoms with E-state index in [1.807, 2.05) is 13.0 Å². The minimum atomic E-state index is -0.467. The monoisotopic (exact) mass is 295 g/mol. The molecule has 0 radical (unpaired) electrons. The molecule has 0 aromatic heterocycles. The second-order valence-electron chi connectivity index (χ2n) is 5.26. The minimum absolute atomic E-state index is 0.353. The average molecular weight is 295 g/mol. The number of aryl methyl sites for hydroxylation is 1. The van der Waals surface area contributed by atoms with E-state index in [2.05, 4.69) is 36.5 Å². The predicted octanol–water partition coefficient (Wildman–Crippen LogP) is 2.01. The lowest BCUT2D eigenvalue weighted by atomic mass is 10.1. The number of aliphatic hydroxyl groups excluding tert-OH is 1. The zero-order chi connectivity index (χ0) is 15.3. The lowest BCUT2D eigenvalue weighted by Gasteiger charge is -2.17. The quantitative estimate of drug-likeness (QED) is 0.579. The molecule has 0 saturated heterocycles. The van der Waals surface area contributed by atoms with Crippen molar-refractivity contribution in [3.05, 3.63) is 35.9 Å². The van der Waals surface area contributed by atoms with Crippen molar-refractivity contribution in [3.8, 4) is 0 Å². The Morgan fingerprint density at radius 1 is 1.14 bits per heavy atom. The third kappa shape index (κ3) is 9.58. The van der Waals surface area contributed by atoms with Crippen molar-refractivity contribution in [2.45, 2.75) is 38.8 Å². The molecule has 4 heteroatoms. The molecule has 0 saturated carbocycles. The second kappa shape index (κ2) is 11.7. The van der Waals surface area contributed by atoms with E-state index >= 15 is 0 Å². The van der Waals surface area contributed by atoms with Crippen LogP contribution in [0.25, 0.3) is 0 Å². The summed E-state index contributed by atoms with van der Waals surface area (Å²) in [7, 11) is 0. The molecule has 120 valence electrons. The van der Waals surface area contributed by atoms with Gasteiger partial charge in [0.25, 0.3) is 0 Å². The summed E-state index contributed by atoms with van der Waals surface area (Å²) in [6.07, 6.45) is 1.64. The number of rotatable bonds is 12. The summed E-state index contributed by atoms with van der Waals surface area (Å²) >= 11 is 0. The van der Waals surface area contributed by atoms with Crippen LogP contribution in [0.4, 0.5) is 0 Å². The van der Waals surface area contributed by atoms with Gasteiger partial charge in [0.05, 0.1) is 25.9 Å². The molecule has 0 aliphatic heterocycles. The third-order valence-electron chi connectivity index (χ3n) is 3.30. The minimum Gasteiger partial charge on any atom is -0.389 e. The maximum absolute atomic E-state index is 9.81. The van der Waals surface area contributed by atoms with Gasteiger partial charge in [-0.25, -0.2) is 0 Å². The second-order valence-corrected chi connectivity index (χ2v) is 5.26. The van der Waals surface area contributed by atoms with Gasteiger partial charge >= 0.3 is 0 Å². The predicted molar refractivity (Wildman–Crippen MR) is 85.5 cm³/mol. The highest BCUT2D eigenvalue weighted by molar-refractivity contribution is 5.14. The third-order valence-corrected chi connectivity index (χ3v) is 3.30. The first-order valence-electron chi connectivity index (χ1n) is 7.83. The molecule has 21 heavy (non-hydrogen) atoms. The van der Waals surface area contributed by atoms with Crippen LogP contribution in [0.3, 0.4) is 0 Å². The van der Waals surface area contributed by atoms with Crippen molar-refractivity contribution in [1.29, 1.82) is 0 Å². The molecule has 2 unspecified atom stereocenters. The summed E-state index contributed by atoms with van der Waals surface area (Å²) in [6.45, 7) is 6.84. The van der Waals surface area contributed by atoms with Crippen LogP contribution in [-0.4, -0.2) is 50.2 Å². The van der Waals surface area contributed by atoms with Crippen molar-refractivity contribution < 1.29 is 14.6 Å². The molecule has 0 bridgehead atoms. The Balaban J connectivity index is 2.02. The van der Waals surface area contributed by atoms with Crippen molar-refractivity contribution in [3.63, 3.8) is 0 Å². The van der Waals surface area contributed by atoms with E-state index < -0.39 is 6.10 Å². The van der Waals surface area contributed by atoms with E-state index in [1.54, 1.807) is 0 Å². The fourth-order valence-electron chi connectivity index (χ4n) is 2.01. The van der Waals surface area contributed by atoms with Gasteiger partial charge in [0, 0.05) is 19.2 Å². The summed E-state index contributed by atoms with van der Waals surface area (Å²) in [6, 6.07) is 10.8. The molecule has 2 N–H and O–H groups in total. The molecule has 2 atom stereocenters. The molecule has 1 rings (SSSR count). The number of hydrogen-bond acceptors (Lipinski definition) is 4. The molecular formula is C17H29NO3. The summed E-state index contributed by atoms with van der Waals surface area (Å²) < 4.78 is 10.5. The first kappa shape index (κ1) is 18.1. The highest BCUT2D eigenvalue weighted by Crippen LogP contribution is 2.04. The van der Waals surface area contributed by atoms with E-state index in [4.69, 9.17) is 9.47 Å². The smallest absolute Gasteiger partial charge is 0.0897 e. The molecule has 0 fully saturated rings. The summed E-state index contributed by atoms with van der Waals surface area (Å²) in [5, 5.41) is 13.2. The summed E-state index contributed by atoms with van der Waals surface area (Å²) in [5.74, 6) is 0. The summed E-state index contributed by atoms with van der Waals surface area (Å²) in [4.78, 5) is 0. The largest absolute Gasteiger partial charge is 0.389 e.